The summed E-state index contributed by atoms with van der Waals surface area (Å²) in [4.78, 5) is 12.3. The molecule has 0 bridgehead atoms. The van der Waals surface area contributed by atoms with Gasteiger partial charge in [0.25, 0.3) is 0 Å². The van der Waals surface area contributed by atoms with E-state index in [1.165, 1.54) is 36.5 Å². The van der Waals surface area contributed by atoms with Crippen LogP contribution >= 0.6 is 11.8 Å². The number of ether oxygens (including phenoxy) is 1. The minimum Gasteiger partial charge on any atom is -0.378 e. The zero-order chi connectivity index (χ0) is 17.4. The van der Waals surface area contributed by atoms with Gasteiger partial charge < -0.3 is 10.5 Å². The SMILES string of the molecule is NC1=N[C@@]2(c3cc(-c4cncnc4)c(F)cc3F)OCCC[C@H]2CS1. The molecule has 1 fully saturated rings. The Bertz CT molecular complexity index is 833. The number of rotatable bonds is 2. The molecular formula is C17H16F2N4OS. The summed E-state index contributed by atoms with van der Waals surface area (Å²) < 4.78 is 35.1. The number of nitrogens with zero attached hydrogens (tertiary/aromatic N) is 3. The zero-order valence-corrected chi connectivity index (χ0v) is 14.1. The molecule has 3 heterocycles. The maximum atomic E-state index is 14.8. The van der Waals surface area contributed by atoms with E-state index in [1.807, 2.05) is 0 Å². The molecule has 5 nitrogen and oxygen atoms in total. The van der Waals surface area contributed by atoms with E-state index in [0.717, 1.165) is 18.9 Å². The van der Waals surface area contributed by atoms with Gasteiger partial charge in [-0.2, -0.15) is 0 Å². The maximum absolute atomic E-state index is 14.8. The third-order valence-corrected chi connectivity index (χ3v) is 5.55. The number of nitrogens with two attached hydrogens (primary N) is 1. The number of thioether (sulfide) groups is 1. The fourth-order valence-corrected chi connectivity index (χ4v) is 4.38. The van der Waals surface area contributed by atoms with E-state index < -0.39 is 17.4 Å². The first-order valence-electron chi connectivity index (χ1n) is 7.97. The van der Waals surface area contributed by atoms with Crippen LogP contribution in [0.1, 0.15) is 18.4 Å². The van der Waals surface area contributed by atoms with Gasteiger partial charge in [0.15, 0.2) is 10.9 Å². The van der Waals surface area contributed by atoms with Gasteiger partial charge in [-0.05, 0) is 18.9 Å². The molecule has 0 aliphatic carbocycles. The van der Waals surface area contributed by atoms with Crippen LogP contribution in [0.25, 0.3) is 11.1 Å². The van der Waals surface area contributed by atoms with Crippen LogP contribution in [0.15, 0.2) is 35.8 Å². The summed E-state index contributed by atoms with van der Waals surface area (Å²) in [6.45, 7) is 0.457. The van der Waals surface area contributed by atoms with Crippen molar-refractivity contribution in [3.05, 3.63) is 48.1 Å². The largest absolute Gasteiger partial charge is 0.378 e. The third-order valence-electron chi connectivity index (χ3n) is 4.60. The van der Waals surface area contributed by atoms with Gasteiger partial charge in [-0.15, -0.1) is 0 Å². The summed E-state index contributed by atoms with van der Waals surface area (Å²) in [5.74, 6) is -0.690. The van der Waals surface area contributed by atoms with E-state index in [2.05, 4.69) is 15.0 Å². The summed E-state index contributed by atoms with van der Waals surface area (Å²) >= 11 is 1.44. The Morgan fingerprint density at radius 3 is 2.80 bits per heavy atom. The summed E-state index contributed by atoms with van der Waals surface area (Å²) in [7, 11) is 0. The van der Waals surface area contributed by atoms with Crippen LogP contribution in [-0.4, -0.2) is 27.5 Å². The van der Waals surface area contributed by atoms with Crippen LogP contribution < -0.4 is 5.73 Å². The van der Waals surface area contributed by atoms with Crippen LogP contribution in [0.4, 0.5) is 8.78 Å². The molecule has 2 N–H and O–H groups in total. The summed E-state index contributed by atoms with van der Waals surface area (Å²) in [5, 5.41) is 0.353. The highest BCUT2D eigenvalue weighted by molar-refractivity contribution is 8.13. The highest BCUT2D eigenvalue weighted by Gasteiger charge is 2.48. The lowest BCUT2D eigenvalue weighted by Crippen LogP contribution is -2.46. The second-order valence-electron chi connectivity index (χ2n) is 6.08. The summed E-state index contributed by atoms with van der Waals surface area (Å²) in [5.41, 5.74) is 5.60. The van der Waals surface area contributed by atoms with Gasteiger partial charge in [0.2, 0.25) is 0 Å². The van der Waals surface area contributed by atoms with Crippen molar-refractivity contribution in [3.8, 4) is 11.1 Å². The van der Waals surface area contributed by atoms with Crippen molar-refractivity contribution in [1.29, 1.82) is 0 Å². The van der Waals surface area contributed by atoms with Gasteiger partial charge in [0.1, 0.15) is 18.0 Å². The molecule has 1 saturated heterocycles. The van der Waals surface area contributed by atoms with E-state index in [-0.39, 0.29) is 17.0 Å². The topological polar surface area (TPSA) is 73.4 Å². The molecule has 2 atom stereocenters. The first-order valence-corrected chi connectivity index (χ1v) is 8.96. The monoisotopic (exact) mass is 362 g/mol. The molecular weight excluding hydrogens is 346 g/mol. The Labute approximate surface area is 147 Å². The molecule has 0 saturated carbocycles. The zero-order valence-electron chi connectivity index (χ0n) is 13.3. The van der Waals surface area contributed by atoms with Crippen LogP contribution in [0.5, 0.6) is 0 Å². The second kappa shape index (κ2) is 6.34. The van der Waals surface area contributed by atoms with E-state index in [1.54, 1.807) is 0 Å². The standard InChI is InChI=1S/C17H16F2N4OS/c18-14-5-15(19)13(4-12(14)10-6-21-9-22-7-10)17-11(2-1-3-24-17)8-25-16(20)23-17/h4-7,9,11H,1-3,8H2,(H2,20,23)/t11-,17+/m0/s1. The molecule has 0 amide bonds. The van der Waals surface area contributed by atoms with E-state index >= 15 is 0 Å². The van der Waals surface area contributed by atoms with Gasteiger partial charge in [-0.3, -0.25) is 0 Å². The smallest absolute Gasteiger partial charge is 0.194 e. The first-order chi connectivity index (χ1) is 12.1. The Hall–Kier alpha value is -2.06. The highest BCUT2D eigenvalue weighted by Crippen LogP contribution is 2.47. The second-order valence-corrected chi connectivity index (χ2v) is 7.12. The molecule has 0 radical (unpaired) electrons. The number of fused-ring (bicyclic) bond motifs is 1. The van der Waals surface area contributed by atoms with Gasteiger partial charge >= 0.3 is 0 Å². The van der Waals surface area contributed by atoms with Crippen LogP contribution in [0.3, 0.4) is 0 Å². The normalized spacial score (nSPS) is 26.0. The summed E-state index contributed by atoms with van der Waals surface area (Å²) in [6, 6.07) is 2.32. The number of amidine groups is 1. The lowest BCUT2D eigenvalue weighted by Gasteiger charge is -2.43. The van der Waals surface area contributed by atoms with Crippen molar-refractivity contribution in [2.45, 2.75) is 18.6 Å². The fraction of sp³-hybridized carbons (Fsp3) is 0.353. The maximum Gasteiger partial charge on any atom is 0.194 e. The van der Waals surface area contributed by atoms with E-state index in [0.29, 0.717) is 23.1 Å². The third kappa shape index (κ3) is 2.79. The predicted molar refractivity (Wildman–Crippen MR) is 91.8 cm³/mol. The molecule has 130 valence electrons. The molecule has 0 spiro atoms. The lowest BCUT2D eigenvalue weighted by atomic mass is 9.83. The van der Waals surface area contributed by atoms with Crippen LogP contribution in [0.2, 0.25) is 0 Å². The Morgan fingerprint density at radius 1 is 1.20 bits per heavy atom. The molecule has 2 aromatic rings. The van der Waals surface area contributed by atoms with Crippen molar-refractivity contribution in [2.75, 3.05) is 12.4 Å². The first kappa shape index (κ1) is 16.4. The number of benzene rings is 1. The molecule has 2 aliphatic rings. The molecule has 4 rings (SSSR count). The van der Waals surface area contributed by atoms with Crippen molar-refractivity contribution in [3.63, 3.8) is 0 Å². The Balaban J connectivity index is 1.91. The molecule has 1 aromatic heterocycles. The van der Waals surface area contributed by atoms with Gasteiger partial charge in [0, 0.05) is 53.4 Å². The van der Waals surface area contributed by atoms with E-state index in [9.17, 15) is 8.78 Å². The molecule has 2 aliphatic heterocycles. The van der Waals surface area contributed by atoms with Crippen molar-refractivity contribution < 1.29 is 13.5 Å². The molecule has 0 unspecified atom stereocenters. The van der Waals surface area contributed by atoms with Crippen molar-refractivity contribution >= 4 is 16.9 Å². The van der Waals surface area contributed by atoms with Crippen molar-refractivity contribution in [2.24, 2.45) is 16.6 Å². The minimum absolute atomic E-state index is 0.0154. The fourth-order valence-electron chi connectivity index (χ4n) is 3.41. The Morgan fingerprint density at radius 2 is 2.00 bits per heavy atom. The molecule has 25 heavy (non-hydrogen) atoms. The Kier molecular flexibility index (Phi) is 4.16. The van der Waals surface area contributed by atoms with Gasteiger partial charge in [-0.1, -0.05) is 11.8 Å². The van der Waals surface area contributed by atoms with Crippen LogP contribution in [-0.2, 0) is 10.5 Å². The van der Waals surface area contributed by atoms with Gasteiger partial charge in [-0.25, -0.2) is 23.7 Å². The number of aromatic nitrogens is 2. The van der Waals surface area contributed by atoms with E-state index in [4.69, 9.17) is 10.5 Å². The lowest BCUT2D eigenvalue weighted by molar-refractivity contribution is -0.115. The molecule has 1 aromatic carbocycles. The predicted octanol–water partition coefficient (Wildman–Crippen LogP) is 3.06. The highest BCUT2D eigenvalue weighted by atomic mass is 32.2. The van der Waals surface area contributed by atoms with Crippen molar-refractivity contribution in [1.82, 2.24) is 9.97 Å². The number of hydrogen-bond donors (Lipinski definition) is 1. The summed E-state index contributed by atoms with van der Waals surface area (Å²) in [6.07, 6.45) is 6.06. The minimum atomic E-state index is -1.20. The van der Waals surface area contributed by atoms with Gasteiger partial charge in [0.05, 0.1) is 0 Å². The number of aliphatic imine (C=N–C) groups is 1. The average Bonchev–Trinajstić information content (AvgIpc) is 2.62. The molecule has 8 heteroatoms. The average molecular weight is 362 g/mol. The number of halogens is 2. The number of hydrogen-bond acceptors (Lipinski definition) is 6. The van der Waals surface area contributed by atoms with Crippen LogP contribution in [0, 0.1) is 17.6 Å². The quantitative estimate of drug-likeness (QED) is 0.889.